The lowest BCUT2D eigenvalue weighted by molar-refractivity contribution is -0.139. The zero-order valence-electron chi connectivity index (χ0n) is 13.2. The number of benzene rings is 1. The first-order chi connectivity index (χ1) is 9.32. The Morgan fingerprint density at radius 3 is 2.75 bits per heavy atom. The van der Waals surface area contributed by atoms with Crippen LogP contribution in [0.1, 0.15) is 13.3 Å². The molecule has 0 aromatic heterocycles. The fourth-order valence-corrected chi connectivity index (χ4v) is 2.47. The van der Waals surface area contributed by atoms with Crippen molar-refractivity contribution in [2.24, 2.45) is 0 Å². The van der Waals surface area contributed by atoms with Crippen molar-refractivity contribution in [2.75, 3.05) is 6.54 Å². The van der Waals surface area contributed by atoms with Gasteiger partial charge in [-0.2, -0.15) is 0 Å². The fraction of sp³-hybridized carbons (Fsp3) is 0.364. The second kappa shape index (κ2) is 6.13. The highest BCUT2D eigenvalue weighted by Crippen LogP contribution is 2.28. The van der Waals surface area contributed by atoms with Gasteiger partial charge in [-0.1, -0.05) is 18.1 Å². The van der Waals surface area contributed by atoms with E-state index in [1.54, 1.807) is 0 Å². The van der Waals surface area contributed by atoms with Gasteiger partial charge in [0.2, 0.25) is 0 Å². The van der Waals surface area contributed by atoms with Crippen molar-refractivity contribution in [2.45, 2.75) is 22.6 Å². The molecule has 1 saturated heterocycles. The Labute approximate surface area is 112 Å². The molecule has 2 rings (SSSR count). The molecule has 0 unspecified atom stereocenters. The van der Waals surface area contributed by atoms with E-state index < -0.39 is 18.1 Å². The maximum absolute atomic E-state index is 10.9. The largest absolute Gasteiger partial charge is 0.480 e. The van der Waals surface area contributed by atoms with Gasteiger partial charge in [-0.15, -0.1) is 24.2 Å². The Hall–Kier alpha value is -0.710. The summed E-state index contributed by atoms with van der Waals surface area (Å²) >= 11 is 1.14. The minimum Gasteiger partial charge on any atom is -0.480 e. The molecular formula is C11H14ClNO2S. The Kier molecular flexibility index (Phi) is 2.91. The third-order valence-corrected chi connectivity index (χ3v) is 3.28. The van der Waals surface area contributed by atoms with Gasteiger partial charge in [0, 0.05) is 16.7 Å². The number of hydrogen-bond donors (Lipinski definition) is 2. The molecule has 88 valence electrons. The van der Waals surface area contributed by atoms with Gasteiger partial charge < -0.3 is 10.4 Å². The summed E-state index contributed by atoms with van der Waals surface area (Å²) < 4.78 is 38.3. The average Bonchev–Trinajstić information content (AvgIpc) is 2.88. The van der Waals surface area contributed by atoms with E-state index in [1.165, 1.54) is 0 Å². The summed E-state index contributed by atoms with van der Waals surface area (Å²) in [5.74, 6) is -0.936. The van der Waals surface area contributed by atoms with Gasteiger partial charge in [-0.3, -0.25) is 4.79 Å². The van der Waals surface area contributed by atoms with Gasteiger partial charge in [0.05, 0.1) is 6.85 Å². The number of carbonyl (C=O) groups is 1. The van der Waals surface area contributed by atoms with Crippen molar-refractivity contribution in [3.8, 4) is 0 Å². The molecule has 5 heteroatoms. The van der Waals surface area contributed by atoms with E-state index in [4.69, 9.17) is 12.0 Å². The van der Waals surface area contributed by atoms with Crippen LogP contribution >= 0.6 is 24.2 Å². The molecule has 1 fully saturated rings. The van der Waals surface area contributed by atoms with Crippen LogP contribution in [0.5, 0.6) is 0 Å². The highest BCUT2D eigenvalue weighted by Gasteiger charge is 2.29. The first-order valence-corrected chi connectivity index (χ1v) is 5.40. The topological polar surface area (TPSA) is 49.3 Å². The van der Waals surface area contributed by atoms with Gasteiger partial charge in [0.15, 0.2) is 0 Å². The number of nitrogens with one attached hydrogen (secondary N) is 1. The lowest BCUT2D eigenvalue weighted by Crippen LogP contribution is -2.29. The number of hydrogen-bond acceptors (Lipinski definition) is 3. The molecule has 1 aromatic rings. The number of halogens is 1. The zero-order valence-corrected chi connectivity index (χ0v) is 9.87. The van der Waals surface area contributed by atoms with Gasteiger partial charge >= 0.3 is 5.97 Å². The Bertz CT molecular complexity index is 545. The van der Waals surface area contributed by atoms with Crippen LogP contribution in [-0.2, 0) is 4.79 Å². The molecule has 0 saturated carbocycles. The van der Waals surface area contributed by atoms with E-state index in [9.17, 15) is 4.79 Å². The number of thioether (sulfide) groups is 1. The lowest BCUT2D eigenvalue weighted by atomic mass is 10.2. The highest BCUT2D eigenvalue weighted by atomic mass is 35.5. The minimum absolute atomic E-state index is 0. The second-order valence-corrected chi connectivity index (χ2v) is 4.54. The van der Waals surface area contributed by atoms with Crippen molar-refractivity contribution in [1.82, 2.24) is 5.32 Å². The van der Waals surface area contributed by atoms with E-state index in [0.29, 0.717) is 13.0 Å². The van der Waals surface area contributed by atoms with E-state index in [0.717, 1.165) is 11.8 Å². The quantitative estimate of drug-likeness (QED) is 0.877. The molecule has 0 bridgehead atoms. The number of rotatable bonds is 3. The molecule has 0 amide bonds. The smallest absolute Gasteiger partial charge is 0.320 e. The molecule has 1 heterocycles. The van der Waals surface area contributed by atoms with Crippen molar-refractivity contribution >= 4 is 30.1 Å². The van der Waals surface area contributed by atoms with E-state index in [1.807, 2.05) is 0 Å². The summed E-state index contributed by atoms with van der Waals surface area (Å²) in [7, 11) is 0. The molecule has 16 heavy (non-hydrogen) atoms. The minimum atomic E-state index is -0.936. The monoisotopic (exact) mass is 264 g/mol. The van der Waals surface area contributed by atoms with Crippen LogP contribution in [0.3, 0.4) is 0 Å². The van der Waals surface area contributed by atoms with Crippen LogP contribution < -0.4 is 5.32 Å². The first-order valence-electron chi connectivity index (χ1n) is 7.02. The summed E-state index contributed by atoms with van der Waals surface area (Å²) in [5, 5.41) is 11.6. The van der Waals surface area contributed by atoms with Crippen LogP contribution in [0.2, 0.25) is 0 Å². The SMILES string of the molecule is Cl.[2H]c1c([2H])c([2H])c(S[C@@H]2CN[C@H](C(=O)O)C2)c([2H])c1[2H]. The molecule has 2 N–H and O–H groups in total. The summed E-state index contributed by atoms with van der Waals surface area (Å²) in [6, 6.07) is -2.27. The second-order valence-electron chi connectivity index (χ2n) is 3.23. The average molecular weight is 265 g/mol. The van der Waals surface area contributed by atoms with Gasteiger partial charge in [0.25, 0.3) is 0 Å². The molecule has 1 aliphatic heterocycles. The summed E-state index contributed by atoms with van der Waals surface area (Å²) in [6.45, 7) is 0.434. The van der Waals surface area contributed by atoms with Crippen molar-refractivity contribution in [3.05, 3.63) is 30.2 Å². The fourth-order valence-electron chi connectivity index (χ4n) is 1.45. The predicted octanol–water partition coefficient (Wildman–Crippen LogP) is 2.02. The number of aliphatic carboxylic acids is 1. The zero-order chi connectivity index (χ0) is 15.0. The maximum Gasteiger partial charge on any atom is 0.320 e. The van der Waals surface area contributed by atoms with Gasteiger partial charge in [-0.25, -0.2) is 0 Å². The highest BCUT2D eigenvalue weighted by molar-refractivity contribution is 8.00. The van der Waals surface area contributed by atoms with Crippen molar-refractivity contribution < 1.29 is 16.8 Å². The normalized spacial score (nSPS) is 28.1. The molecule has 0 aliphatic carbocycles. The van der Waals surface area contributed by atoms with Crippen LogP contribution in [0.25, 0.3) is 0 Å². The molecular weight excluding hydrogens is 246 g/mol. The molecule has 2 atom stereocenters. The standard InChI is InChI=1S/C11H13NO2S.ClH/c13-11(14)10-6-9(7-12-10)15-8-4-2-1-3-5-8;/h1-5,9-10,12H,6-7H2,(H,13,14);1H/t9-,10-;/m0./s1/i1D,2D,3D,4D,5D;. The van der Waals surface area contributed by atoms with E-state index in [-0.39, 0.29) is 46.7 Å². The van der Waals surface area contributed by atoms with Crippen LogP contribution in [0.15, 0.2) is 35.1 Å². The number of carboxylic acids is 1. The lowest BCUT2D eigenvalue weighted by Gasteiger charge is -2.07. The van der Waals surface area contributed by atoms with E-state index in [2.05, 4.69) is 5.32 Å². The molecule has 0 radical (unpaired) electrons. The number of carboxylic acid groups (broad SMARTS) is 1. The van der Waals surface area contributed by atoms with Gasteiger partial charge in [0.1, 0.15) is 6.04 Å². The third-order valence-electron chi connectivity index (χ3n) is 2.15. The van der Waals surface area contributed by atoms with Crippen LogP contribution in [-0.4, -0.2) is 28.9 Å². The molecule has 1 aromatic carbocycles. The maximum atomic E-state index is 10.9. The van der Waals surface area contributed by atoms with Crippen LogP contribution in [0, 0.1) is 0 Å². The molecule has 3 nitrogen and oxygen atoms in total. The van der Waals surface area contributed by atoms with Crippen molar-refractivity contribution in [1.29, 1.82) is 0 Å². The summed E-state index contributed by atoms with van der Waals surface area (Å²) in [4.78, 5) is 11.0. The summed E-state index contributed by atoms with van der Waals surface area (Å²) in [6.07, 6.45) is 0.363. The first kappa shape index (κ1) is 7.58. The third kappa shape index (κ3) is 3.40. The van der Waals surface area contributed by atoms with E-state index >= 15 is 0 Å². The Balaban J connectivity index is 0.00000220. The summed E-state index contributed by atoms with van der Waals surface area (Å²) in [5.41, 5.74) is 0. The predicted molar refractivity (Wildman–Crippen MR) is 67.4 cm³/mol. The van der Waals surface area contributed by atoms with Crippen LogP contribution in [0.4, 0.5) is 0 Å². The Morgan fingerprint density at radius 1 is 1.50 bits per heavy atom. The Morgan fingerprint density at radius 2 is 2.19 bits per heavy atom. The molecule has 0 spiro atoms. The van der Waals surface area contributed by atoms with Gasteiger partial charge in [-0.05, 0) is 18.5 Å². The van der Waals surface area contributed by atoms with Crippen molar-refractivity contribution in [3.63, 3.8) is 0 Å². The molecule has 1 aliphatic rings.